The quantitative estimate of drug-likeness (QED) is 0.859. The minimum atomic E-state index is -3.73. The summed E-state index contributed by atoms with van der Waals surface area (Å²) in [5.74, 6) is 0.0742. The van der Waals surface area contributed by atoms with Crippen LogP contribution in [-0.4, -0.2) is 49.4 Å². The van der Waals surface area contributed by atoms with Crippen LogP contribution in [0.4, 0.5) is 0 Å². The molecule has 2 fully saturated rings. The number of aromatic nitrogens is 2. The van der Waals surface area contributed by atoms with Gasteiger partial charge in [-0.05, 0) is 37.8 Å². The number of carbonyl (C=O) groups is 1. The Labute approximate surface area is 129 Å². The van der Waals surface area contributed by atoms with E-state index in [1.807, 2.05) is 0 Å². The summed E-state index contributed by atoms with van der Waals surface area (Å²) in [5, 5.41) is 6.35. The number of carbonyl (C=O) groups excluding carboxylic acids is 1. The van der Waals surface area contributed by atoms with E-state index in [0.29, 0.717) is 12.8 Å². The van der Waals surface area contributed by atoms with E-state index in [2.05, 4.69) is 10.4 Å². The summed E-state index contributed by atoms with van der Waals surface area (Å²) in [6.07, 6.45) is 2.51. The molecule has 1 aliphatic carbocycles. The molecule has 0 amide bonds. The SMILES string of the molecule is COc1cc(S(=O)(=O)C2CC3(CCNCC3)CC2=O)n(C)n1. The molecule has 1 saturated heterocycles. The predicted octanol–water partition coefficient (Wildman–Crippen LogP) is 0.304. The molecule has 1 N–H and O–H groups in total. The van der Waals surface area contributed by atoms with Crippen molar-refractivity contribution in [1.82, 2.24) is 15.1 Å². The Morgan fingerprint density at radius 3 is 2.68 bits per heavy atom. The van der Waals surface area contributed by atoms with Crippen LogP contribution in [0.25, 0.3) is 0 Å². The summed E-state index contributed by atoms with van der Waals surface area (Å²) in [6, 6.07) is 1.38. The molecule has 1 unspecified atom stereocenters. The molecule has 1 aromatic heterocycles. The lowest BCUT2D eigenvalue weighted by Gasteiger charge is -2.33. The Balaban J connectivity index is 1.92. The van der Waals surface area contributed by atoms with E-state index in [0.717, 1.165) is 25.9 Å². The Morgan fingerprint density at radius 1 is 1.41 bits per heavy atom. The zero-order valence-corrected chi connectivity index (χ0v) is 13.6. The largest absolute Gasteiger partial charge is 0.480 e. The maximum Gasteiger partial charge on any atom is 0.233 e. The summed E-state index contributed by atoms with van der Waals surface area (Å²) in [6.45, 7) is 1.69. The van der Waals surface area contributed by atoms with Crippen LogP contribution in [0.1, 0.15) is 25.7 Å². The second-order valence-corrected chi connectivity index (χ2v) is 8.36. The number of methoxy groups -OCH3 is 1. The number of piperidine rings is 1. The van der Waals surface area contributed by atoms with E-state index in [1.165, 1.54) is 17.9 Å². The normalized spacial score (nSPS) is 24.8. The zero-order valence-electron chi connectivity index (χ0n) is 12.8. The topological polar surface area (TPSA) is 90.3 Å². The first kappa shape index (κ1) is 15.5. The van der Waals surface area contributed by atoms with Gasteiger partial charge in [-0.25, -0.2) is 8.42 Å². The first-order chi connectivity index (χ1) is 10.4. The van der Waals surface area contributed by atoms with Gasteiger partial charge in [0.2, 0.25) is 15.7 Å². The van der Waals surface area contributed by atoms with Gasteiger partial charge in [-0.3, -0.25) is 9.48 Å². The third kappa shape index (κ3) is 2.44. The molecule has 1 saturated carbocycles. The van der Waals surface area contributed by atoms with Gasteiger partial charge < -0.3 is 10.1 Å². The molecule has 2 heterocycles. The second kappa shape index (κ2) is 5.34. The molecule has 22 heavy (non-hydrogen) atoms. The molecule has 3 rings (SSSR count). The lowest BCUT2D eigenvalue weighted by atomic mass is 9.77. The number of sulfone groups is 1. The third-order valence-electron chi connectivity index (χ3n) is 4.88. The van der Waals surface area contributed by atoms with Gasteiger partial charge in [0.25, 0.3) is 0 Å². The van der Waals surface area contributed by atoms with E-state index in [-0.39, 0.29) is 22.1 Å². The molecule has 7 nitrogen and oxygen atoms in total. The second-order valence-electron chi connectivity index (χ2n) is 6.28. The van der Waals surface area contributed by atoms with Gasteiger partial charge in [-0.2, -0.15) is 0 Å². The standard InChI is InChI=1S/C14H21N3O4S/c1-17-13(7-12(16-17)21-2)22(19,20)11-9-14(8-10(11)18)3-5-15-6-4-14/h7,11,15H,3-6,8-9H2,1-2H3. The van der Waals surface area contributed by atoms with Gasteiger partial charge >= 0.3 is 0 Å². The minimum absolute atomic E-state index is 0.0497. The summed E-state index contributed by atoms with van der Waals surface area (Å²) in [7, 11) is -0.748. The number of ether oxygens (including phenoxy) is 1. The van der Waals surface area contributed by atoms with Crippen molar-refractivity contribution in [2.45, 2.75) is 36.0 Å². The minimum Gasteiger partial charge on any atom is -0.480 e. The lowest BCUT2D eigenvalue weighted by Crippen LogP contribution is -2.36. The third-order valence-corrected chi connectivity index (χ3v) is 7.02. The summed E-state index contributed by atoms with van der Waals surface area (Å²) >= 11 is 0. The van der Waals surface area contributed by atoms with Crippen LogP contribution in [0.2, 0.25) is 0 Å². The molecule has 1 spiro atoms. The van der Waals surface area contributed by atoms with Crippen LogP contribution < -0.4 is 10.1 Å². The lowest BCUT2D eigenvalue weighted by molar-refractivity contribution is -0.117. The first-order valence-electron chi connectivity index (χ1n) is 7.43. The van der Waals surface area contributed by atoms with Gasteiger partial charge in [-0.15, -0.1) is 5.10 Å². The number of nitrogens with one attached hydrogen (secondary N) is 1. The van der Waals surface area contributed by atoms with Gasteiger partial charge in [-0.1, -0.05) is 0 Å². The number of rotatable bonds is 3. The molecule has 0 radical (unpaired) electrons. The van der Waals surface area contributed by atoms with Crippen LogP contribution >= 0.6 is 0 Å². The van der Waals surface area contributed by atoms with Crippen LogP contribution in [0, 0.1) is 5.41 Å². The average Bonchev–Trinajstić information content (AvgIpc) is 3.01. The molecule has 8 heteroatoms. The molecular formula is C14H21N3O4S. The number of Topliss-reactive ketones (excluding diaryl/α,β-unsaturated/α-hetero) is 1. The Bertz CT molecular complexity index is 689. The van der Waals surface area contributed by atoms with Gasteiger partial charge in [0.15, 0.2) is 10.8 Å². The number of aryl methyl sites for hydroxylation is 1. The molecular weight excluding hydrogens is 306 g/mol. The van der Waals surface area contributed by atoms with Gasteiger partial charge in [0.1, 0.15) is 5.25 Å². The van der Waals surface area contributed by atoms with Crippen LogP contribution in [-0.2, 0) is 21.7 Å². The maximum atomic E-state index is 12.9. The Kier molecular flexibility index (Phi) is 3.76. The molecule has 0 bridgehead atoms. The van der Waals surface area contributed by atoms with Crippen LogP contribution in [0.3, 0.4) is 0 Å². The highest BCUT2D eigenvalue weighted by atomic mass is 32.2. The van der Waals surface area contributed by atoms with E-state index in [1.54, 1.807) is 7.05 Å². The Hall–Kier alpha value is -1.41. The fraction of sp³-hybridized carbons (Fsp3) is 0.714. The molecule has 122 valence electrons. The van der Waals surface area contributed by atoms with Crippen LogP contribution in [0.15, 0.2) is 11.1 Å². The van der Waals surface area contributed by atoms with Crippen molar-refractivity contribution < 1.29 is 17.9 Å². The van der Waals surface area contributed by atoms with E-state index in [4.69, 9.17) is 4.74 Å². The smallest absolute Gasteiger partial charge is 0.233 e. The number of hydrogen-bond acceptors (Lipinski definition) is 6. The monoisotopic (exact) mass is 327 g/mol. The molecule has 0 aromatic carbocycles. The fourth-order valence-corrected chi connectivity index (χ4v) is 5.59. The number of hydrogen-bond donors (Lipinski definition) is 1. The highest BCUT2D eigenvalue weighted by molar-refractivity contribution is 7.92. The molecule has 2 aliphatic rings. The van der Waals surface area contributed by atoms with E-state index >= 15 is 0 Å². The predicted molar refractivity (Wildman–Crippen MR) is 79.5 cm³/mol. The average molecular weight is 327 g/mol. The van der Waals surface area contributed by atoms with Crippen molar-refractivity contribution >= 4 is 15.6 Å². The van der Waals surface area contributed by atoms with Crippen molar-refractivity contribution in [2.24, 2.45) is 12.5 Å². The fourth-order valence-electron chi connectivity index (χ4n) is 3.62. The van der Waals surface area contributed by atoms with Crippen molar-refractivity contribution in [3.8, 4) is 5.88 Å². The van der Waals surface area contributed by atoms with Crippen molar-refractivity contribution in [2.75, 3.05) is 20.2 Å². The maximum absolute atomic E-state index is 12.9. The molecule has 1 aliphatic heterocycles. The van der Waals surface area contributed by atoms with E-state index in [9.17, 15) is 13.2 Å². The molecule has 1 aromatic rings. The summed E-state index contributed by atoms with van der Waals surface area (Å²) in [4.78, 5) is 12.4. The van der Waals surface area contributed by atoms with Crippen molar-refractivity contribution in [3.63, 3.8) is 0 Å². The summed E-state index contributed by atoms with van der Waals surface area (Å²) in [5.41, 5.74) is -0.150. The van der Waals surface area contributed by atoms with Crippen molar-refractivity contribution in [3.05, 3.63) is 6.07 Å². The van der Waals surface area contributed by atoms with Gasteiger partial charge in [0.05, 0.1) is 7.11 Å². The number of nitrogens with zero attached hydrogens (tertiary/aromatic N) is 2. The first-order valence-corrected chi connectivity index (χ1v) is 8.98. The van der Waals surface area contributed by atoms with Gasteiger partial charge in [0, 0.05) is 19.5 Å². The molecule has 1 atom stereocenters. The highest BCUT2D eigenvalue weighted by Gasteiger charge is 2.51. The number of ketones is 1. The Morgan fingerprint density at radius 2 is 2.09 bits per heavy atom. The van der Waals surface area contributed by atoms with Crippen LogP contribution in [0.5, 0.6) is 5.88 Å². The highest BCUT2D eigenvalue weighted by Crippen LogP contribution is 2.46. The van der Waals surface area contributed by atoms with Crippen molar-refractivity contribution in [1.29, 1.82) is 0 Å². The van der Waals surface area contributed by atoms with E-state index < -0.39 is 15.1 Å². The summed E-state index contributed by atoms with van der Waals surface area (Å²) < 4.78 is 32.0. The zero-order chi connectivity index (χ0) is 16.0.